The second kappa shape index (κ2) is 4.14. The minimum absolute atomic E-state index is 0.166. The summed E-state index contributed by atoms with van der Waals surface area (Å²) in [5.41, 5.74) is 0.940. The minimum Gasteiger partial charge on any atom is -0.384 e. The van der Waals surface area contributed by atoms with Crippen LogP contribution in [0.2, 0.25) is 0 Å². The van der Waals surface area contributed by atoms with Crippen LogP contribution in [0.4, 0.5) is 10.1 Å². The molecule has 0 saturated carbocycles. The van der Waals surface area contributed by atoms with Crippen molar-refractivity contribution in [2.75, 3.05) is 25.1 Å². The number of anilines is 1. The summed E-state index contributed by atoms with van der Waals surface area (Å²) in [5, 5.41) is 3.21. The molecule has 1 saturated heterocycles. The Hall–Kier alpha value is -1.16. The maximum absolute atomic E-state index is 12.8. The van der Waals surface area contributed by atoms with Gasteiger partial charge in [-0.1, -0.05) is 6.92 Å². The van der Waals surface area contributed by atoms with Crippen LogP contribution in [-0.2, 0) is 4.74 Å². The second-order valence-corrected chi connectivity index (χ2v) is 4.33. The molecule has 1 N–H and O–H groups in total. The van der Waals surface area contributed by atoms with Gasteiger partial charge in [-0.3, -0.25) is 0 Å². The van der Waals surface area contributed by atoms with E-state index in [4.69, 9.17) is 4.74 Å². The lowest BCUT2D eigenvalue weighted by molar-refractivity contribution is 0.164. The summed E-state index contributed by atoms with van der Waals surface area (Å²) in [4.78, 5) is 3.51. The molecule has 0 aliphatic carbocycles. The van der Waals surface area contributed by atoms with Crippen molar-refractivity contribution in [2.24, 2.45) is 5.41 Å². The van der Waals surface area contributed by atoms with Gasteiger partial charge in [0, 0.05) is 36.5 Å². The third-order valence-electron chi connectivity index (χ3n) is 2.75. The Morgan fingerprint density at radius 2 is 2.53 bits per heavy atom. The van der Waals surface area contributed by atoms with E-state index >= 15 is 0 Å². The van der Waals surface area contributed by atoms with E-state index < -0.39 is 5.95 Å². The fraction of sp³-hybridized carbons (Fsp3) is 0.545. The molecule has 2 rings (SSSR count). The number of hydrogen-bond acceptors (Lipinski definition) is 3. The highest BCUT2D eigenvalue weighted by Gasteiger charge is 2.29. The van der Waals surface area contributed by atoms with E-state index in [0.717, 1.165) is 31.9 Å². The first-order valence-electron chi connectivity index (χ1n) is 5.11. The molecule has 0 spiro atoms. The summed E-state index contributed by atoms with van der Waals surface area (Å²) in [7, 11) is 0. The Morgan fingerprint density at radius 1 is 1.67 bits per heavy atom. The Kier molecular flexibility index (Phi) is 2.86. The lowest BCUT2D eigenvalue weighted by Crippen LogP contribution is -2.26. The molecule has 4 heteroatoms. The lowest BCUT2D eigenvalue weighted by Gasteiger charge is -2.22. The standard InChI is InChI=1S/C11H15FN2O/c1-11(3-5-15-8-11)7-14-9-2-4-13-10(12)6-9/h2,4,6H,3,5,7-8H2,1H3,(H,13,14). The van der Waals surface area contributed by atoms with Crippen molar-refractivity contribution in [3.05, 3.63) is 24.3 Å². The van der Waals surface area contributed by atoms with Gasteiger partial charge < -0.3 is 10.1 Å². The highest BCUT2D eigenvalue weighted by Crippen LogP contribution is 2.27. The zero-order valence-corrected chi connectivity index (χ0v) is 8.79. The normalized spacial score (nSPS) is 25.5. The number of ether oxygens (including phenoxy) is 1. The molecule has 82 valence electrons. The van der Waals surface area contributed by atoms with Crippen LogP contribution in [-0.4, -0.2) is 24.7 Å². The molecule has 15 heavy (non-hydrogen) atoms. The van der Waals surface area contributed by atoms with Gasteiger partial charge in [0.2, 0.25) is 5.95 Å². The fourth-order valence-corrected chi connectivity index (χ4v) is 1.68. The topological polar surface area (TPSA) is 34.2 Å². The van der Waals surface area contributed by atoms with Crippen LogP contribution in [0, 0.1) is 11.4 Å². The Labute approximate surface area is 88.7 Å². The van der Waals surface area contributed by atoms with E-state index in [0.29, 0.717) is 0 Å². The summed E-state index contributed by atoms with van der Waals surface area (Å²) in [6, 6.07) is 3.17. The summed E-state index contributed by atoms with van der Waals surface area (Å²) >= 11 is 0. The minimum atomic E-state index is -0.451. The fourth-order valence-electron chi connectivity index (χ4n) is 1.68. The lowest BCUT2D eigenvalue weighted by atomic mass is 9.90. The summed E-state index contributed by atoms with van der Waals surface area (Å²) < 4.78 is 18.1. The van der Waals surface area contributed by atoms with Gasteiger partial charge in [0.05, 0.1) is 6.61 Å². The van der Waals surface area contributed by atoms with Crippen molar-refractivity contribution in [3.63, 3.8) is 0 Å². The summed E-state index contributed by atoms with van der Waals surface area (Å²) in [6.45, 7) is 4.57. The zero-order chi connectivity index (χ0) is 10.7. The van der Waals surface area contributed by atoms with E-state index in [1.165, 1.54) is 12.3 Å². The van der Waals surface area contributed by atoms with Crippen LogP contribution < -0.4 is 5.32 Å². The molecule has 1 aromatic heterocycles. The van der Waals surface area contributed by atoms with Gasteiger partial charge in [-0.05, 0) is 12.5 Å². The van der Waals surface area contributed by atoms with E-state index in [9.17, 15) is 4.39 Å². The monoisotopic (exact) mass is 210 g/mol. The first-order chi connectivity index (χ1) is 7.18. The molecule has 1 aromatic rings. The van der Waals surface area contributed by atoms with Crippen LogP contribution in [0.1, 0.15) is 13.3 Å². The van der Waals surface area contributed by atoms with E-state index in [1.807, 2.05) is 0 Å². The Balaban J connectivity index is 1.92. The van der Waals surface area contributed by atoms with Crippen LogP contribution in [0.3, 0.4) is 0 Å². The van der Waals surface area contributed by atoms with Gasteiger partial charge in [0.15, 0.2) is 0 Å². The van der Waals surface area contributed by atoms with Crippen molar-refractivity contribution < 1.29 is 9.13 Å². The van der Waals surface area contributed by atoms with Crippen molar-refractivity contribution in [1.29, 1.82) is 0 Å². The Morgan fingerprint density at radius 3 is 3.20 bits per heavy atom. The van der Waals surface area contributed by atoms with Crippen LogP contribution >= 0.6 is 0 Å². The molecule has 0 amide bonds. The predicted molar refractivity (Wildman–Crippen MR) is 56.2 cm³/mol. The van der Waals surface area contributed by atoms with Crippen molar-refractivity contribution >= 4 is 5.69 Å². The average molecular weight is 210 g/mol. The maximum atomic E-state index is 12.8. The van der Waals surface area contributed by atoms with Crippen molar-refractivity contribution in [2.45, 2.75) is 13.3 Å². The molecule has 3 nitrogen and oxygen atoms in total. The highest BCUT2D eigenvalue weighted by molar-refractivity contribution is 5.41. The average Bonchev–Trinajstić information content (AvgIpc) is 2.63. The van der Waals surface area contributed by atoms with E-state index in [-0.39, 0.29) is 5.41 Å². The predicted octanol–water partition coefficient (Wildman–Crippen LogP) is 2.06. The third kappa shape index (κ3) is 2.65. The number of pyridine rings is 1. The van der Waals surface area contributed by atoms with Gasteiger partial charge in [0.25, 0.3) is 0 Å². The Bertz CT molecular complexity index is 337. The number of nitrogens with one attached hydrogen (secondary N) is 1. The summed E-state index contributed by atoms with van der Waals surface area (Å²) in [6.07, 6.45) is 2.51. The number of aromatic nitrogens is 1. The molecular formula is C11H15FN2O. The number of nitrogens with zero attached hydrogens (tertiary/aromatic N) is 1. The quantitative estimate of drug-likeness (QED) is 0.775. The van der Waals surface area contributed by atoms with Gasteiger partial charge >= 0.3 is 0 Å². The molecule has 1 atom stereocenters. The number of rotatable bonds is 3. The van der Waals surface area contributed by atoms with E-state index in [1.54, 1.807) is 6.07 Å². The number of hydrogen-bond donors (Lipinski definition) is 1. The zero-order valence-electron chi connectivity index (χ0n) is 8.79. The van der Waals surface area contributed by atoms with Crippen LogP contribution in [0.5, 0.6) is 0 Å². The van der Waals surface area contributed by atoms with E-state index in [2.05, 4.69) is 17.2 Å². The molecule has 1 fully saturated rings. The molecule has 0 aromatic carbocycles. The van der Waals surface area contributed by atoms with Crippen LogP contribution in [0.15, 0.2) is 18.3 Å². The van der Waals surface area contributed by atoms with Crippen LogP contribution in [0.25, 0.3) is 0 Å². The number of halogens is 1. The molecule has 2 heterocycles. The maximum Gasteiger partial charge on any atom is 0.214 e. The summed E-state index contributed by atoms with van der Waals surface area (Å²) in [5.74, 6) is -0.451. The van der Waals surface area contributed by atoms with Gasteiger partial charge in [-0.25, -0.2) is 4.98 Å². The largest absolute Gasteiger partial charge is 0.384 e. The SMILES string of the molecule is CC1(CNc2ccnc(F)c2)CCOC1. The third-order valence-corrected chi connectivity index (χ3v) is 2.75. The molecule has 1 aliphatic heterocycles. The molecule has 1 unspecified atom stereocenters. The molecule has 0 radical (unpaired) electrons. The first-order valence-corrected chi connectivity index (χ1v) is 5.11. The smallest absolute Gasteiger partial charge is 0.214 e. The highest BCUT2D eigenvalue weighted by atomic mass is 19.1. The van der Waals surface area contributed by atoms with Crippen molar-refractivity contribution in [1.82, 2.24) is 4.98 Å². The molecule has 0 bridgehead atoms. The molecular weight excluding hydrogens is 195 g/mol. The van der Waals surface area contributed by atoms with Gasteiger partial charge in [-0.2, -0.15) is 4.39 Å². The second-order valence-electron chi connectivity index (χ2n) is 4.33. The molecule has 1 aliphatic rings. The van der Waals surface area contributed by atoms with Crippen molar-refractivity contribution in [3.8, 4) is 0 Å². The first kappa shape index (κ1) is 10.4. The van der Waals surface area contributed by atoms with Gasteiger partial charge in [0.1, 0.15) is 0 Å². The van der Waals surface area contributed by atoms with Gasteiger partial charge in [-0.15, -0.1) is 0 Å².